The van der Waals surface area contributed by atoms with Crippen LogP contribution < -0.4 is 0 Å². The Labute approximate surface area is 82.8 Å². The zero-order chi connectivity index (χ0) is 10.6. The maximum atomic E-state index is 11.5. The van der Waals surface area contributed by atoms with Crippen molar-refractivity contribution in [3.05, 3.63) is 12.1 Å². The minimum Gasteiger partial charge on any atom is -0.494 e. The number of aromatic hydroxyl groups is 2. The first-order valence-electron chi connectivity index (χ1n) is 4.79. The first-order valence-corrected chi connectivity index (χ1v) is 4.79. The van der Waals surface area contributed by atoms with E-state index in [1.807, 2.05) is 0 Å². The van der Waals surface area contributed by atoms with Gasteiger partial charge in [0, 0.05) is 18.6 Å². The molecule has 14 heavy (non-hydrogen) atoms. The van der Waals surface area contributed by atoms with Crippen LogP contribution >= 0.6 is 0 Å². The quantitative estimate of drug-likeness (QED) is 0.727. The summed E-state index contributed by atoms with van der Waals surface area (Å²) >= 11 is 0. The van der Waals surface area contributed by atoms with E-state index in [1.54, 1.807) is 0 Å². The maximum absolute atomic E-state index is 11.5. The van der Waals surface area contributed by atoms with Gasteiger partial charge >= 0.3 is 0 Å². The molecule has 0 aliphatic carbocycles. The number of nitrogens with zero attached hydrogens (tertiary/aromatic N) is 1. The van der Waals surface area contributed by atoms with Gasteiger partial charge in [0.05, 0.1) is 0 Å². The van der Waals surface area contributed by atoms with E-state index in [0.29, 0.717) is 6.42 Å². The third-order valence-electron chi connectivity index (χ3n) is 2.08. The van der Waals surface area contributed by atoms with Gasteiger partial charge in [-0.05, 0) is 6.42 Å². The highest BCUT2D eigenvalue weighted by atomic mass is 16.3. The molecule has 0 spiro atoms. The molecule has 1 aromatic heterocycles. The third kappa shape index (κ3) is 2.28. The fourth-order valence-corrected chi connectivity index (χ4v) is 1.31. The predicted molar refractivity (Wildman–Crippen MR) is 52.5 cm³/mol. The smallest absolute Gasteiger partial charge is 0.236 e. The second kappa shape index (κ2) is 4.69. The average Bonchev–Trinajstić information content (AvgIpc) is 2.46. The molecule has 0 saturated heterocycles. The van der Waals surface area contributed by atoms with Gasteiger partial charge in [-0.1, -0.05) is 19.8 Å². The molecule has 0 amide bonds. The van der Waals surface area contributed by atoms with E-state index in [2.05, 4.69) is 6.92 Å². The Morgan fingerprint density at radius 2 is 1.86 bits per heavy atom. The highest BCUT2D eigenvalue weighted by molar-refractivity contribution is 5.82. The lowest BCUT2D eigenvalue weighted by molar-refractivity contribution is 0.0880. The maximum Gasteiger partial charge on any atom is 0.236 e. The molecule has 1 heterocycles. The number of rotatable bonds is 4. The van der Waals surface area contributed by atoms with Crippen molar-refractivity contribution in [2.45, 2.75) is 32.6 Å². The zero-order valence-electron chi connectivity index (χ0n) is 8.23. The van der Waals surface area contributed by atoms with E-state index < -0.39 is 0 Å². The number of carbonyl (C=O) groups excluding carboxylic acids is 1. The molecule has 0 saturated carbocycles. The van der Waals surface area contributed by atoms with E-state index >= 15 is 0 Å². The second-order valence-corrected chi connectivity index (χ2v) is 3.24. The summed E-state index contributed by atoms with van der Waals surface area (Å²) in [5.74, 6) is -0.675. The molecule has 0 radical (unpaired) electrons. The second-order valence-electron chi connectivity index (χ2n) is 3.24. The summed E-state index contributed by atoms with van der Waals surface area (Å²) in [6.07, 6.45) is 3.15. The Bertz CT molecular complexity index is 298. The Hall–Kier alpha value is -1.45. The van der Waals surface area contributed by atoms with Gasteiger partial charge in [0.25, 0.3) is 0 Å². The summed E-state index contributed by atoms with van der Waals surface area (Å²) in [5.41, 5.74) is 0. The lowest BCUT2D eigenvalue weighted by Gasteiger charge is -2.04. The normalized spacial score (nSPS) is 10.4. The molecule has 0 aliphatic rings. The summed E-state index contributed by atoms with van der Waals surface area (Å²) in [7, 11) is 0. The molecule has 2 N–H and O–H groups in total. The lowest BCUT2D eigenvalue weighted by atomic mass is 10.2. The molecule has 1 aromatic rings. The van der Waals surface area contributed by atoms with Crippen LogP contribution in [0.5, 0.6) is 11.8 Å². The summed E-state index contributed by atoms with van der Waals surface area (Å²) in [6, 6.07) is 2.60. The predicted octanol–water partition coefficient (Wildman–Crippen LogP) is 2.12. The van der Waals surface area contributed by atoms with E-state index in [4.69, 9.17) is 0 Å². The van der Waals surface area contributed by atoms with Crippen molar-refractivity contribution in [1.29, 1.82) is 0 Å². The van der Waals surface area contributed by atoms with Crippen LogP contribution in [0.25, 0.3) is 0 Å². The van der Waals surface area contributed by atoms with Gasteiger partial charge in [-0.3, -0.25) is 4.79 Å². The number of unbranched alkanes of at least 4 members (excludes halogenated alkanes) is 2. The first-order chi connectivity index (χ1) is 6.66. The van der Waals surface area contributed by atoms with Gasteiger partial charge in [0.15, 0.2) is 0 Å². The Balaban J connectivity index is 2.60. The molecular formula is C10H15NO3. The number of hydrogen-bond acceptors (Lipinski definition) is 3. The minimum absolute atomic E-state index is 0.205. The highest BCUT2D eigenvalue weighted by Gasteiger charge is 2.12. The minimum atomic E-state index is -0.265. The molecule has 4 heteroatoms. The van der Waals surface area contributed by atoms with Crippen LogP contribution in [0.1, 0.15) is 37.4 Å². The van der Waals surface area contributed by atoms with E-state index in [0.717, 1.165) is 23.8 Å². The zero-order valence-corrected chi connectivity index (χ0v) is 8.23. The van der Waals surface area contributed by atoms with Crippen molar-refractivity contribution >= 4 is 5.91 Å². The topological polar surface area (TPSA) is 62.5 Å². The molecule has 0 fully saturated rings. The molecule has 1 rings (SSSR count). The Morgan fingerprint density at radius 3 is 2.36 bits per heavy atom. The molecule has 0 aromatic carbocycles. The fourth-order valence-electron chi connectivity index (χ4n) is 1.31. The Kier molecular flexibility index (Phi) is 3.56. The lowest BCUT2D eigenvalue weighted by Crippen LogP contribution is -2.08. The first kappa shape index (κ1) is 10.6. The molecule has 4 nitrogen and oxygen atoms in total. The number of carbonyl (C=O) groups is 1. The van der Waals surface area contributed by atoms with E-state index in [1.165, 1.54) is 12.1 Å². The van der Waals surface area contributed by atoms with Gasteiger partial charge in [-0.2, -0.15) is 0 Å². The fraction of sp³-hybridized carbons (Fsp3) is 0.500. The van der Waals surface area contributed by atoms with Crippen molar-refractivity contribution in [3.63, 3.8) is 0 Å². The van der Waals surface area contributed by atoms with Gasteiger partial charge in [-0.15, -0.1) is 0 Å². The van der Waals surface area contributed by atoms with Crippen molar-refractivity contribution in [3.8, 4) is 11.8 Å². The summed E-state index contributed by atoms with van der Waals surface area (Å²) in [6.45, 7) is 2.05. The van der Waals surface area contributed by atoms with E-state index in [9.17, 15) is 15.0 Å². The molecular weight excluding hydrogens is 182 g/mol. The summed E-state index contributed by atoms with van der Waals surface area (Å²) in [4.78, 5) is 11.5. The molecule has 0 unspecified atom stereocenters. The van der Waals surface area contributed by atoms with Crippen molar-refractivity contribution < 1.29 is 15.0 Å². The summed E-state index contributed by atoms with van der Waals surface area (Å²) in [5, 5.41) is 18.5. The van der Waals surface area contributed by atoms with Gasteiger partial charge in [-0.25, -0.2) is 4.57 Å². The largest absolute Gasteiger partial charge is 0.494 e. The van der Waals surface area contributed by atoms with Crippen molar-refractivity contribution in [2.24, 2.45) is 0 Å². The van der Waals surface area contributed by atoms with Gasteiger partial charge in [0.1, 0.15) is 0 Å². The van der Waals surface area contributed by atoms with Crippen molar-refractivity contribution in [2.75, 3.05) is 0 Å². The van der Waals surface area contributed by atoms with Crippen LogP contribution in [0.4, 0.5) is 0 Å². The molecule has 0 atom stereocenters. The SMILES string of the molecule is CCCCCC(=O)n1c(O)ccc1O. The summed E-state index contributed by atoms with van der Waals surface area (Å²) < 4.78 is 0.926. The molecule has 0 aliphatic heterocycles. The van der Waals surface area contributed by atoms with Gasteiger partial charge < -0.3 is 10.2 Å². The van der Waals surface area contributed by atoms with Crippen LogP contribution in [0, 0.1) is 0 Å². The van der Waals surface area contributed by atoms with Crippen LogP contribution in [-0.4, -0.2) is 20.7 Å². The molecule has 0 bridgehead atoms. The standard InChI is InChI=1S/C10H15NO3/c1-2-3-4-5-8(12)11-9(13)6-7-10(11)14/h6-7,13-14H,2-5H2,1H3. The van der Waals surface area contributed by atoms with Crippen LogP contribution in [-0.2, 0) is 0 Å². The number of aromatic nitrogens is 1. The Morgan fingerprint density at radius 1 is 1.29 bits per heavy atom. The third-order valence-corrected chi connectivity index (χ3v) is 2.08. The average molecular weight is 197 g/mol. The van der Waals surface area contributed by atoms with Crippen LogP contribution in [0.2, 0.25) is 0 Å². The van der Waals surface area contributed by atoms with Crippen LogP contribution in [0.15, 0.2) is 12.1 Å². The van der Waals surface area contributed by atoms with Gasteiger partial charge in [0.2, 0.25) is 17.7 Å². The monoisotopic (exact) mass is 197 g/mol. The van der Waals surface area contributed by atoms with Crippen molar-refractivity contribution in [1.82, 2.24) is 4.57 Å². The number of hydrogen-bond donors (Lipinski definition) is 2. The highest BCUT2D eigenvalue weighted by Crippen LogP contribution is 2.21. The van der Waals surface area contributed by atoms with Crippen LogP contribution in [0.3, 0.4) is 0 Å². The van der Waals surface area contributed by atoms with E-state index in [-0.39, 0.29) is 17.7 Å². The molecule has 78 valence electrons.